The molecule has 1 aliphatic heterocycles. The van der Waals surface area contributed by atoms with Gasteiger partial charge in [0, 0.05) is 24.0 Å². The Morgan fingerprint density at radius 1 is 1.24 bits per heavy atom. The lowest BCUT2D eigenvalue weighted by Crippen LogP contribution is -2.38. The van der Waals surface area contributed by atoms with Crippen molar-refractivity contribution in [3.8, 4) is 0 Å². The molecule has 1 unspecified atom stereocenters. The van der Waals surface area contributed by atoms with E-state index in [-0.39, 0.29) is 17.4 Å². The van der Waals surface area contributed by atoms with Crippen LogP contribution >= 0.6 is 0 Å². The van der Waals surface area contributed by atoms with Crippen LogP contribution in [0.1, 0.15) is 31.7 Å². The molecule has 1 fully saturated rings. The van der Waals surface area contributed by atoms with Crippen LogP contribution in [-0.4, -0.2) is 30.6 Å². The average molecular weight is 301 g/mol. The Balaban J connectivity index is 2.04. The molecule has 0 aromatic heterocycles. The van der Waals surface area contributed by atoms with Gasteiger partial charge >= 0.3 is 6.18 Å². The SMILES string of the molecule is CC(CN1CCCCC1)Nc1ccc(N)cc1C(F)(F)F. The number of nitrogens with one attached hydrogen (secondary N) is 1. The van der Waals surface area contributed by atoms with Crippen molar-refractivity contribution in [2.45, 2.75) is 38.4 Å². The maximum absolute atomic E-state index is 13.0. The Kier molecular flexibility index (Phi) is 4.98. The number of hydrogen-bond donors (Lipinski definition) is 2. The molecule has 3 nitrogen and oxygen atoms in total. The molecule has 0 spiro atoms. The molecule has 0 radical (unpaired) electrons. The van der Waals surface area contributed by atoms with Gasteiger partial charge in [0.05, 0.1) is 5.56 Å². The molecule has 118 valence electrons. The highest BCUT2D eigenvalue weighted by Crippen LogP contribution is 2.36. The van der Waals surface area contributed by atoms with Crippen LogP contribution in [0.3, 0.4) is 0 Å². The van der Waals surface area contributed by atoms with Gasteiger partial charge in [-0.1, -0.05) is 6.42 Å². The third-order valence-corrected chi connectivity index (χ3v) is 3.73. The molecular weight excluding hydrogens is 279 g/mol. The van der Waals surface area contributed by atoms with Gasteiger partial charge in [0.1, 0.15) is 0 Å². The minimum Gasteiger partial charge on any atom is -0.399 e. The summed E-state index contributed by atoms with van der Waals surface area (Å²) in [5.74, 6) is 0. The van der Waals surface area contributed by atoms with Gasteiger partial charge in [-0.2, -0.15) is 13.2 Å². The van der Waals surface area contributed by atoms with E-state index < -0.39 is 11.7 Å². The van der Waals surface area contributed by atoms with E-state index >= 15 is 0 Å². The minimum atomic E-state index is -4.40. The van der Waals surface area contributed by atoms with Crippen LogP contribution in [0.2, 0.25) is 0 Å². The Morgan fingerprint density at radius 2 is 1.90 bits per heavy atom. The lowest BCUT2D eigenvalue weighted by molar-refractivity contribution is -0.136. The molecule has 1 aliphatic rings. The average Bonchev–Trinajstić information content (AvgIpc) is 2.40. The normalized spacial score (nSPS) is 18.5. The van der Waals surface area contributed by atoms with E-state index in [9.17, 15) is 13.2 Å². The summed E-state index contributed by atoms with van der Waals surface area (Å²) < 4.78 is 39.1. The molecular formula is C15H22F3N3. The summed E-state index contributed by atoms with van der Waals surface area (Å²) >= 11 is 0. The second-order valence-electron chi connectivity index (χ2n) is 5.71. The maximum Gasteiger partial charge on any atom is 0.418 e. The van der Waals surface area contributed by atoms with Crippen LogP contribution in [0, 0.1) is 0 Å². The van der Waals surface area contributed by atoms with E-state index in [4.69, 9.17) is 5.73 Å². The fourth-order valence-electron chi connectivity index (χ4n) is 2.76. The van der Waals surface area contributed by atoms with Crippen molar-refractivity contribution in [2.24, 2.45) is 0 Å². The van der Waals surface area contributed by atoms with E-state index in [1.165, 1.54) is 31.4 Å². The summed E-state index contributed by atoms with van der Waals surface area (Å²) in [5, 5.41) is 2.97. The summed E-state index contributed by atoms with van der Waals surface area (Å²) in [6.07, 6.45) is -0.818. The Labute approximate surface area is 123 Å². The second kappa shape index (κ2) is 6.56. The van der Waals surface area contributed by atoms with E-state index in [1.807, 2.05) is 6.92 Å². The van der Waals surface area contributed by atoms with Gasteiger partial charge in [-0.3, -0.25) is 0 Å². The number of hydrogen-bond acceptors (Lipinski definition) is 3. The van der Waals surface area contributed by atoms with Crippen LogP contribution < -0.4 is 11.1 Å². The number of halogens is 3. The van der Waals surface area contributed by atoms with Gasteiger partial charge in [0.2, 0.25) is 0 Å². The lowest BCUT2D eigenvalue weighted by Gasteiger charge is -2.30. The molecule has 2 rings (SSSR count). The van der Waals surface area contributed by atoms with Gasteiger partial charge in [-0.25, -0.2) is 0 Å². The van der Waals surface area contributed by atoms with E-state index in [0.29, 0.717) is 0 Å². The Bertz CT molecular complexity index is 468. The maximum atomic E-state index is 13.0. The number of alkyl halides is 3. The first-order valence-corrected chi connectivity index (χ1v) is 7.32. The molecule has 0 amide bonds. The first kappa shape index (κ1) is 15.9. The number of nitrogens with two attached hydrogens (primary N) is 1. The smallest absolute Gasteiger partial charge is 0.399 e. The second-order valence-corrected chi connectivity index (χ2v) is 5.71. The monoisotopic (exact) mass is 301 g/mol. The zero-order chi connectivity index (χ0) is 15.5. The van der Waals surface area contributed by atoms with Crippen molar-refractivity contribution in [2.75, 3.05) is 30.7 Å². The van der Waals surface area contributed by atoms with E-state index in [0.717, 1.165) is 25.7 Å². The van der Waals surface area contributed by atoms with E-state index in [2.05, 4.69) is 10.2 Å². The Hall–Kier alpha value is -1.43. The molecule has 6 heteroatoms. The van der Waals surface area contributed by atoms with Gasteiger partial charge in [0.15, 0.2) is 0 Å². The molecule has 3 N–H and O–H groups in total. The van der Waals surface area contributed by atoms with Gasteiger partial charge in [0.25, 0.3) is 0 Å². The van der Waals surface area contributed by atoms with Crippen molar-refractivity contribution < 1.29 is 13.2 Å². The molecule has 1 aromatic carbocycles. The predicted octanol–water partition coefficient (Wildman–Crippen LogP) is 3.57. The molecule has 1 aromatic rings. The third-order valence-electron chi connectivity index (χ3n) is 3.73. The molecule has 0 saturated carbocycles. The van der Waals surface area contributed by atoms with Gasteiger partial charge < -0.3 is 16.0 Å². The molecule has 1 heterocycles. The van der Waals surface area contributed by atoms with E-state index in [1.54, 1.807) is 0 Å². The number of anilines is 2. The quantitative estimate of drug-likeness (QED) is 0.835. The zero-order valence-electron chi connectivity index (χ0n) is 12.2. The Morgan fingerprint density at radius 3 is 2.52 bits per heavy atom. The topological polar surface area (TPSA) is 41.3 Å². The summed E-state index contributed by atoms with van der Waals surface area (Å²) in [6.45, 7) is 4.71. The summed E-state index contributed by atoms with van der Waals surface area (Å²) in [5.41, 5.74) is 4.99. The number of nitrogen functional groups attached to an aromatic ring is 1. The lowest BCUT2D eigenvalue weighted by atomic mass is 10.1. The highest BCUT2D eigenvalue weighted by atomic mass is 19.4. The van der Waals surface area contributed by atoms with Crippen molar-refractivity contribution >= 4 is 11.4 Å². The van der Waals surface area contributed by atoms with Gasteiger partial charge in [-0.05, 0) is 51.1 Å². The summed E-state index contributed by atoms with van der Waals surface area (Å²) in [6, 6.07) is 3.83. The van der Waals surface area contributed by atoms with Crippen LogP contribution in [0.15, 0.2) is 18.2 Å². The number of piperidine rings is 1. The van der Waals surface area contributed by atoms with Crippen LogP contribution in [0.5, 0.6) is 0 Å². The third kappa shape index (κ3) is 4.52. The van der Waals surface area contributed by atoms with Crippen molar-refractivity contribution in [3.05, 3.63) is 23.8 Å². The number of rotatable bonds is 4. The van der Waals surface area contributed by atoms with Crippen molar-refractivity contribution in [1.82, 2.24) is 4.90 Å². The minimum absolute atomic E-state index is 0.0483. The molecule has 1 atom stereocenters. The fourth-order valence-corrected chi connectivity index (χ4v) is 2.76. The number of likely N-dealkylation sites (tertiary alicyclic amines) is 1. The zero-order valence-corrected chi connectivity index (χ0v) is 12.2. The van der Waals surface area contributed by atoms with Crippen LogP contribution in [0.25, 0.3) is 0 Å². The molecule has 0 bridgehead atoms. The van der Waals surface area contributed by atoms with Crippen molar-refractivity contribution in [3.63, 3.8) is 0 Å². The fraction of sp³-hybridized carbons (Fsp3) is 0.600. The first-order chi connectivity index (χ1) is 9.86. The van der Waals surface area contributed by atoms with Crippen LogP contribution in [-0.2, 0) is 6.18 Å². The first-order valence-electron chi connectivity index (χ1n) is 7.32. The highest BCUT2D eigenvalue weighted by Gasteiger charge is 2.34. The molecule has 21 heavy (non-hydrogen) atoms. The largest absolute Gasteiger partial charge is 0.418 e. The summed E-state index contributed by atoms with van der Waals surface area (Å²) in [7, 11) is 0. The molecule has 0 aliphatic carbocycles. The van der Waals surface area contributed by atoms with Crippen LogP contribution in [0.4, 0.5) is 24.5 Å². The number of nitrogens with zero attached hydrogens (tertiary/aromatic N) is 1. The molecule has 1 saturated heterocycles. The predicted molar refractivity (Wildman–Crippen MR) is 79.2 cm³/mol. The summed E-state index contributed by atoms with van der Waals surface area (Å²) in [4.78, 5) is 2.30. The standard InChI is InChI=1S/C15H22F3N3/c1-11(10-21-7-3-2-4-8-21)20-14-6-5-12(19)9-13(14)15(16,17)18/h5-6,9,11,20H,2-4,7-8,10,19H2,1H3. The van der Waals surface area contributed by atoms with Gasteiger partial charge in [-0.15, -0.1) is 0 Å². The highest BCUT2D eigenvalue weighted by molar-refractivity contribution is 5.59. The number of benzene rings is 1. The van der Waals surface area contributed by atoms with Crippen molar-refractivity contribution in [1.29, 1.82) is 0 Å².